The van der Waals surface area contributed by atoms with E-state index in [1.807, 2.05) is 0 Å². The Bertz CT molecular complexity index is 803. The van der Waals surface area contributed by atoms with E-state index in [4.69, 9.17) is 5.11 Å². The molecule has 0 aliphatic heterocycles. The molecule has 0 aliphatic rings. The van der Waals surface area contributed by atoms with Crippen LogP contribution in [0.25, 0.3) is 15.9 Å². The molecule has 1 aromatic carbocycles. The molecule has 3 aromatic rings. The third-order valence-electron chi connectivity index (χ3n) is 2.51. The number of para-hydroxylation sites is 1. The van der Waals surface area contributed by atoms with Gasteiger partial charge in [-0.05, 0) is 12.1 Å². The molecule has 2 heterocycles. The van der Waals surface area contributed by atoms with Gasteiger partial charge in [0.05, 0.1) is 16.5 Å². The number of nitrogens with zero attached hydrogens (tertiary/aromatic N) is 2. The van der Waals surface area contributed by atoms with Crippen molar-refractivity contribution in [2.24, 2.45) is 0 Å². The van der Waals surface area contributed by atoms with Crippen LogP contribution in [0.1, 0.15) is 10.4 Å². The molecule has 84 valence electrons. The molecule has 1 N–H and O–H groups in total. The first-order valence-corrected chi connectivity index (χ1v) is 5.68. The van der Waals surface area contributed by atoms with Gasteiger partial charge in [0, 0.05) is 11.6 Å². The van der Waals surface area contributed by atoms with Crippen LogP contribution in [0.4, 0.5) is 0 Å². The molecular weight excluding hydrogens is 240 g/mol. The highest BCUT2D eigenvalue weighted by Gasteiger charge is 2.13. The number of aromatic carboxylic acids is 1. The van der Waals surface area contributed by atoms with Crippen LogP contribution in [0.15, 0.2) is 34.6 Å². The lowest BCUT2D eigenvalue weighted by Crippen LogP contribution is -2.14. The van der Waals surface area contributed by atoms with Crippen molar-refractivity contribution in [1.82, 2.24) is 9.38 Å². The Labute approximate surface area is 98.6 Å². The van der Waals surface area contributed by atoms with Gasteiger partial charge >= 0.3 is 5.97 Å². The Morgan fingerprint density at radius 1 is 1.41 bits per heavy atom. The number of carbonyl (C=O) groups is 1. The summed E-state index contributed by atoms with van der Waals surface area (Å²) in [7, 11) is 0. The fourth-order valence-corrected chi connectivity index (χ4v) is 2.45. The van der Waals surface area contributed by atoms with Crippen LogP contribution in [0, 0.1) is 0 Å². The Morgan fingerprint density at radius 3 is 3.00 bits per heavy atom. The number of aromatic nitrogens is 2. The first-order chi connectivity index (χ1) is 8.18. The quantitative estimate of drug-likeness (QED) is 0.708. The highest BCUT2D eigenvalue weighted by Crippen LogP contribution is 2.16. The standard InChI is InChI=1S/C11H6N2O3S/c14-9-6-2-1-3-7(10(15)16)8(6)12-11-13(9)4-5-17-11/h1-5H,(H,15,16). The molecule has 2 aromatic heterocycles. The molecule has 0 bridgehead atoms. The van der Waals surface area contributed by atoms with Gasteiger partial charge in [-0.25, -0.2) is 9.78 Å². The minimum Gasteiger partial charge on any atom is -0.478 e. The van der Waals surface area contributed by atoms with Crippen molar-refractivity contribution in [3.05, 3.63) is 45.7 Å². The molecule has 3 rings (SSSR count). The summed E-state index contributed by atoms with van der Waals surface area (Å²) in [5.41, 5.74) is 0.0531. The van der Waals surface area contributed by atoms with Crippen LogP contribution in [0.2, 0.25) is 0 Å². The molecule has 5 nitrogen and oxygen atoms in total. The summed E-state index contributed by atoms with van der Waals surface area (Å²) in [4.78, 5) is 27.8. The van der Waals surface area contributed by atoms with E-state index in [9.17, 15) is 9.59 Å². The zero-order valence-corrected chi connectivity index (χ0v) is 9.27. The van der Waals surface area contributed by atoms with Crippen molar-refractivity contribution in [1.29, 1.82) is 0 Å². The molecule has 0 atom stereocenters. The number of fused-ring (bicyclic) bond motifs is 2. The lowest BCUT2D eigenvalue weighted by Gasteiger charge is -2.01. The highest BCUT2D eigenvalue weighted by atomic mass is 32.1. The normalized spacial score (nSPS) is 11.1. The largest absolute Gasteiger partial charge is 0.478 e. The fraction of sp³-hybridized carbons (Fsp3) is 0. The average molecular weight is 246 g/mol. The van der Waals surface area contributed by atoms with E-state index in [0.717, 1.165) is 0 Å². The van der Waals surface area contributed by atoms with Crippen molar-refractivity contribution in [3.8, 4) is 0 Å². The highest BCUT2D eigenvalue weighted by molar-refractivity contribution is 7.15. The van der Waals surface area contributed by atoms with Crippen molar-refractivity contribution < 1.29 is 9.90 Å². The molecular formula is C11H6N2O3S. The molecule has 0 amide bonds. The number of carboxylic acids is 1. The topological polar surface area (TPSA) is 71.7 Å². The molecule has 17 heavy (non-hydrogen) atoms. The summed E-state index contributed by atoms with van der Waals surface area (Å²) in [6.45, 7) is 0. The van der Waals surface area contributed by atoms with Crippen LogP contribution in [-0.2, 0) is 0 Å². The van der Waals surface area contributed by atoms with Gasteiger partial charge in [0.1, 0.15) is 0 Å². The number of carboxylic acid groups (broad SMARTS) is 1. The predicted molar refractivity (Wildman–Crippen MR) is 63.8 cm³/mol. The zero-order chi connectivity index (χ0) is 12.0. The third-order valence-corrected chi connectivity index (χ3v) is 3.27. The van der Waals surface area contributed by atoms with Gasteiger partial charge in [0.15, 0.2) is 4.96 Å². The smallest absolute Gasteiger partial charge is 0.337 e. The molecule has 6 heteroatoms. The van der Waals surface area contributed by atoms with Gasteiger partial charge in [-0.1, -0.05) is 6.07 Å². The number of hydrogen-bond donors (Lipinski definition) is 1. The molecule has 0 unspecified atom stereocenters. The first-order valence-electron chi connectivity index (χ1n) is 4.80. The molecule has 0 radical (unpaired) electrons. The van der Waals surface area contributed by atoms with Crippen molar-refractivity contribution >= 4 is 33.2 Å². The lowest BCUT2D eigenvalue weighted by molar-refractivity contribution is 0.0699. The van der Waals surface area contributed by atoms with Gasteiger partial charge in [-0.2, -0.15) is 0 Å². The van der Waals surface area contributed by atoms with Crippen molar-refractivity contribution in [2.45, 2.75) is 0 Å². The van der Waals surface area contributed by atoms with Crippen LogP contribution in [-0.4, -0.2) is 20.5 Å². The number of thiazole rings is 1. The first kappa shape index (κ1) is 9.98. The zero-order valence-electron chi connectivity index (χ0n) is 8.45. The maximum Gasteiger partial charge on any atom is 0.337 e. The van der Waals surface area contributed by atoms with Crippen LogP contribution < -0.4 is 5.56 Å². The lowest BCUT2D eigenvalue weighted by atomic mass is 10.1. The van der Waals surface area contributed by atoms with E-state index in [-0.39, 0.29) is 16.6 Å². The molecule has 0 spiro atoms. The van der Waals surface area contributed by atoms with E-state index in [0.29, 0.717) is 10.3 Å². The second kappa shape index (κ2) is 3.39. The van der Waals surface area contributed by atoms with Gasteiger partial charge < -0.3 is 5.11 Å². The van der Waals surface area contributed by atoms with Crippen molar-refractivity contribution in [2.75, 3.05) is 0 Å². The van der Waals surface area contributed by atoms with Gasteiger partial charge in [0.2, 0.25) is 0 Å². The minimum absolute atomic E-state index is 0.0514. The summed E-state index contributed by atoms with van der Waals surface area (Å²) in [5.74, 6) is -1.08. The molecule has 0 saturated heterocycles. The van der Waals surface area contributed by atoms with E-state index >= 15 is 0 Å². The molecule has 0 aliphatic carbocycles. The summed E-state index contributed by atoms with van der Waals surface area (Å²) < 4.78 is 1.42. The van der Waals surface area contributed by atoms with Gasteiger partial charge in [-0.15, -0.1) is 11.3 Å². The fourth-order valence-electron chi connectivity index (χ4n) is 1.74. The monoisotopic (exact) mass is 246 g/mol. The van der Waals surface area contributed by atoms with Crippen LogP contribution in [0.5, 0.6) is 0 Å². The Kier molecular flexibility index (Phi) is 1.99. The van der Waals surface area contributed by atoms with Gasteiger partial charge in [0.25, 0.3) is 5.56 Å². The van der Waals surface area contributed by atoms with Crippen molar-refractivity contribution in [3.63, 3.8) is 0 Å². The second-order valence-corrected chi connectivity index (χ2v) is 4.35. The maximum absolute atomic E-state index is 12.1. The van der Waals surface area contributed by atoms with E-state index in [1.165, 1.54) is 21.8 Å². The van der Waals surface area contributed by atoms with E-state index in [2.05, 4.69) is 4.98 Å². The Morgan fingerprint density at radius 2 is 2.24 bits per heavy atom. The van der Waals surface area contributed by atoms with Crippen LogP contribution in [0.3, 0.4) is 0 Å². The van der Waals surface area contributed by atoms with E-state index < -0.39 is 5.97 Å². The van der Waals surface area contributed by atoms with Crippen LogP contribution >= 0.6 is 11.3 Å². The number of benzene rings is 1. The van der Waals surface area contributed by atoms with E-state index in [1.54, 1.807) is 23.7 Å². The SMILES string of the molecule is O=C(O)c1cccc2c(=O)n3ccsc3nc12. The Hall–Kier alpha value is -2.21. The minimum atomic E-state index is -1.08. The number of hydrogen-bond acceptors (Lipinski definition) is 4. The number of rotatable bonds is 1. The summed E-state index contributed by atoms with van der Waals surface area (Å²) in [6, 6.07) is 4.58. The predicted octanol–water partition coefficient (Wildman–Crippen LogP) is 1.61. The molecule has 0 fully saturated rings. The summed E-state index contributed by atoms with van der Waals surface area (Å²) in [6.07, 6.45) is 1.63. The van der Waals surface area contributed by atoms with Gasteiger partial charge in [-0.3, -0.25) is 9.20 Å². The maximum atomic E-state index is 12.1. The summed E-state index contributed by atoms with van der Waals surface area (Å²) in [5, 5.41) is 11.1. The average Bonchev–Trinajstić information content (AvgIpc) is 2.77. The summed E-state index contributed by atoms with van der Waals surface area (Å²) >= 11 is 1.30. The Balaban J connectivity index is 2.61. The third kappa shape index (κ3) is 1.34. The second-order valence-electron chi connectivity index (χ2n) is 3.48. The molecule has 0 saturated carbocycles.